The maximum absolute atomic E-state index is 13.1. The average molecular weight is 479 g/mol. The summed E-state index contributed by atoms with van der Waals surface area (Å²) in [5.74, 6) is -0.0512. The number of amides is 2. The summed E-state index contributed by atoms with van der Waals surface area (Å²) in [4.78, 5) is 31.0. The van der Waals surface area contributed by atoms with Crippen LogP contribution in [0.4, 0.5) is 5.69 Å². The Bertz CT molecular complexity index is 1110. The Morgan fingerprint density at radius 1 is 1.00 bits per heavy atom. The zero-order chi connectivity index (χ0) is 22.3. The van der Waals surface area contributed by atoms with Gasteiger partial charge in [-0.25, -0.2) is 0 Å². The van der Waals surface area contributed by atoms with Crippen LogP contribution in [0.25, 0.3) is 6.08 Å². The highest BCUT2D eigenvalue weighted by molar-refractivity contribution is 8.26. The SMILES string of the molecule is O=C1/C(=C\c2cccs2)SC(=S)N1CCCC(=O)N(Cc1ccccc1)c1ccccc1. The summed E-state index contributed by atoms with van der Waals surface area (Å²) in [5.41, 5.74) is 1.94. The zero-order valence-corrected chi connectivity index (χ0v) is 19.8. The van der Waals surface area contributed by atoms with Crippen LogP contribution < -0.4 is 4.90 Å². The molecule has 0 atom stereocenters. The van der Waals surface area contributed by atoms with E-state index in [1.54, 1.807) is 21.1 Å². The molecule has 0 spiro atoms. The number of benzene rings is 2. The summed E-state index contributed by atoms with van der Waals surface area (Å²) in [5, 5.41) is 1.98. The molecule has 2 amide bonds. The molecule has 4 nitrogen and oxygen atoms in total. The van der Waals surface area contributed by atoms with Crippen molar-refractivity contribution in [3.05, 3.63) is 93.5 Å². The van der Waals surface area contributed by atoms with Crippen molar-refractivity contribution < 1.29 is 9.59 Å². The number of hydrogen-bond donors (Lipinski definition) is 0. The van der Waals surface area contributed by atoms with E-state index in [9.17, 15) is 9.59 Å². The number of thiocarbonyl (C=S) groups is 1. The lowest BCUT2D eigenvalue weighted by Gasteiger charge is -2.24. The van der Waals surface area contributed by atoms with E-state index in [4.69, 9.17) is 12.2 Å². The number of carbonyl (C=O) groups is 2. The smallest absolute Gasteiger partial charge is 0.266 e. The Morgan fingerprint density at radius 2 is 1.72 bits per heavy atom. The lowest BCUT2D eigenvalue weighted by Crippen LogP contribution is -2.33. The number of nitrogens with zero attached hydrogens (tertiary/aromatic N) is 2. The first kappa shape index (κ1) is 22.5. The molecule has 2 aromatic carbocycles. The molecule has 0 bridgehead atoms. The first-order chi connectivity index (χ1) is 15.6. The third-order valence-electron chi connectivity index (χ3n) is 5.01. The normalized spacial score (nSPS) is 14.9. The molecule has 1 saturated heterocycles. The fourth-order valence-electron chi connectivity index (χ4n) is 3.42. The Balaban J connectivity index is 1.39. The molecular weight excluding hydrogens is 456 g/mol. The Hall–Kier alpha value is -2.74. The first-order valence-corrected chi connectivity index (χ1v) is 12.4. The van der Waals surface area contributed by atoms with Crippen molar-refractivity contribution in [3.8, 4) is 0 Å². The van der Waals surface area contributed by atoms with Crippen molar-refractivity contribution in [1.82, 2.24) is 4.90 Å². The molecule has 1 aliphatic rings. The number of thioether (sulfide) groups is 1. The minimum absolute atomic E-state index is 0.0274. The van der Waals surface area contributed by atoms with E-state index in [0.29, 0.717) is 35.2 Å². The summed E-state index contributed by atoms with van der Waals surface area (Å²) in [7, 11) is 0. The standard InChI is InChI=1S/C25H22N2O2S3/c28-23(27(20-11-5-2-6-12-20)18-19-9-3-1-4-10-19)14-7-15-26-24(29)22(32-25(26)30)17-21-13-8-16-31-21/h1-6,8-13,16-17H,7,14-15,18H2/b22-17+. The summed E-state index contributed by atoms with van der Waals surface area (Å²) >= 11 is 8.33. The second-order valence-electron chi connectivity index (χ2n) is 7.25. The van der Waals surface area contributed by atoms with E-state index in [0.717, 1.165) is 16.1 Å². The fourth-order valence-corrected chi connectivity index (χ4v) is 5.45. The van der Waals surface area contributed by atoms with Gasteiger partial charge in [-0.3, -0.25) is 14.5 Å². The van der Waals surface area contributed by atoms with E-state index < -0.39 is 0 Å². The minimum atomic E-state index is -0.0787. The highest BCUT2D eigenvalue weighted by Gasteiger charge is 2.31. The molecule has 1 aliphatic heterocycles. The molecule has 3 aromatic rings. The van der Waals surface area contributed by atoms with E-state index in [1.807, 2.05) is 84.3 Å². The monoisotopic (exact) mass is 478 g/mol. The maximum atomic E-state index is 13.1. The third-order valence-corrected chi connectivity index (χ3v) is 7.21. The van der Waals surface area contributed by atoms with Gasteiger partial charge in [-0.05, 0) is 41.6 Å². The van der Waals surface area contributed by atoms with Crippen molar-refractivity contribution in [3.63, 3.8) is 0 Å². The number of anilines is 1. The molecule has 2 heterocycles. The van der Waals surface area contributed by atoms with Crippen LogP contribution in [0.2, 0.25) is 0 Å². The van der Waals surface area contributed by atoms with Crippen molar-refractivity contribution >= 4 is 63.2 Å². The lowest BCUT2D eigenvalue weighted by molar-refractivity contribution is -0.123. The molecule has 0 unspecified atom stereocenters. The van der Waals surface area contributed by atoms with Gasteiger partial charge < -0.3 is 4.90 Å². The summed E-state index contributed by atoms with van der Waals surface area (Å²) in [6.45, 7) is 0.945. The lowest BCUT2D eigenvalue weighted by atomic mass is 10.1. The van der Waals surface area contributed by atoms with Crippen LogP contribution in [0, 0.1) is 0 Å². The Morgan fingerprint density at radius 3 is 2.41 bits per heavy atom. The largest absolute Gasteiger partial charge is 0.308 e. The molecule has 4 rings (SSSR count). The van der Waals surface area contributed by atoms with Gasteiger partial charge in [-0.15, -0.1) is 11.3 Å². The van der Waals surface area contributed by atoms with Gasteiger partial charge in [-0.2, -0.15) is 0 Å². The van der Waals surface area contributed by atoms with Crippen LogP contribution >= 0.6 is 35.3 Å². The molecule has 0 saturated carbocycles. The van der Waals surface area contributed by atoms with Gasteiger partial charge in [0.1, 0.15) is 4.32 Å². The number of carbonyl (C=O) groups excluding carboxylic acids is 2. The van der Waals surface area contributed by atoms with Crippen LogP contribution in [-0.4, -0.2) is 27.6 Å². The van der Waals surface area contributed by atoms with Crippen molar-refractivity contribution in [2.75, 3.05) is 11.4 Å². The van der Waals surface area contributed by atoms with Gasteiger partial charge in [0.2, 0.25) is 5.91 Å². The average Bonchev–Trinajstić information content (AvgIpc) is 3.42. The van der Waals surface area contributed by atoms with E-state index in [2.05, 4.69) is 0 Å². The molecule has 1 fully saturated rings. The van der Waals surface area contributed by atoms with Gasteiger partial charge >= 0.3 is 0 Å². The molecule has 0 N–H and O–H groups in total. The van der Waals surface area contributed by atoms with Crippen molar-refractivity contribution in [2.24, 2.45) is 0 Å². The summed E-state index contributed by atoms with van der Waals surface area (Å²) < 4.78 is 0.550. The zero-order valence-electron chi connectivity index (χ0n) is 17.3. The van der Waals surface area contributed by atoms with Crippen molar-refractivity contribution in [2.45, 2.75) is 19.4 Å². The van der Waals surface area contributed by atoms with Crippen LogP contribution in [-0.2, 0) is 16.1 Å². The first-order valence-electron chi connectivity index (χ1n) is 10.3. The number of thiophene rings is 1. The van der Waals surface area contributed by atoms with Crippen LogP contribution in [0.5, 0.6) is 0 Å². The molecule has 7 heteroatoms. The Labute approximate surface area is 201 Å². The predicted octanol–water partition coefficient (Wildman–Crippen LogP) is 5.96. The number of rotatable bonds is 8. The molecule has 0 aliphatic carbocycles. The Kier molecular flexibility index (Phi) is 7.52. The highest BCUT2D eigenvalue weighted by atomic mass is 32.2. The summed E-state index contributed by atoms with van der Waals surface area (Å²) in [6.07, 6.45) is 2.77. The van der Waals surface area contributed by atoms with E-state index >= 15 is 0 Å². The molecule has 1 aromatic heterocycles. The minimum Gasteiger partial charge on any atom is -0.308 e. The second kappa shape index (κ2) is 10.7. The van der Waals surface area contributed by atoms with Gasteiger partial charge in [0.05, 0.1) is 11.4 Å². The third kappa shape index (κ3) is 5.54. The van der Waals surface area contributed by atoms with Crippen LogP contribution in [0.3, 0.4) is 0 Å². The van der Waals surface area contributed by atoms with Crippen LogP contribution in [0.15, 0.2) is 83.1 Å². The molecule has 0 radical (unpaired) electrons. The molecular formula is C25H22N2O2S3. The maximum Gasteiger partial charge on any atom is 0.266 e. The fraction of sp³-hybridized carbons (Fsp3) is 0.160. The van der Waals surface area contributed by atoms with E-state index in [-0.39, 0.29) is 11.8 Å². The summed E-state index contributed by atoms with van der Waals surface area (Å²) in [6, 6.07) is 23.6. The number of hydrogen-bond acceptors (Lipinski definition) is 5. The van der Waals surface area contributed by atoms with E-state index in [1.165, 1.54) is 11.8 Å². The highest BCUT2D eigenvalue weighted by Crippen LogP contribution is 2.33. The molecule has 32 heavy (non-hydrogen) atoms. The number of para-hydroxylation sites is 1. The van der Waals surface area contributed by atoms with Gasteiger partial charge in [-0.1, -0.05) is 78.6 Å². The van der Waals surface area contributed by atoms with Gasteiger partial charge in [0.25, 0.3) is 5.91 Å². The molecule has 162 valence electrons. The van der Waals surface area contributed by atoms with Gasteiger partial charge in [0.15, 0.2) is 0 Å². The second-order valence-corrected chi connectivity index (χ2v) is 9.91. The topological polar surface area (TPSA) is 40.6 Å². The van der Waals surface area contributed by atoms with Crippen LogP contribution in [0.1, 0.15) is 23.3 Å². The van der Waals surface area contributed by atoms with Crippen molar-refractivity contribution in [1.29, 1.82) is 0 Å². The van der Waals surface area contributed by atoms with Gasteiger partial charge in [0, 0.05) is 23.5 Å². The predicted molar refractivity (Wildman–Crippen MR) is 138 cm³/mol. The quantitative estimate of drug-likeness (QED) is 0.296.